The molecule has 0 bridgehead atoms. The van der Waals surface area contributed by atoms with E-state index >= 15 is 0 Å². The molecule has 6 nitrogen and oxygen atoms in total. The molecule has 1 unspecified atom stereocenters. The van der Waals surface area contributed by atoms with Gasteiger partial charge in [-0.15, -0.1) is 0 Å². The van der Waals surface area contributed by atoms with Gasteiger partial charge in [-0.05, 0) is 18.8 Å². The van der Waals surface area contributed by atoms with Gasteiger partial charge in [0, 0.05) is 32.5 Å². The number of aromatic amines is 1. The number of nitrogens with zero attached hydrogens (tertiary/aromatic N) is 3. The van der Waals surface area contributed by atoms with E-state index in [1.807, 2.05) is 4.90 Å². The van der Waals surface area contributed by atoms with E-state index in [1.165, 1.54) is 6.33 Å². The van der Waals surface area contributed by atoms with Crippen molar-refractivity contribution in [2.75, 3.05) is 19.7 Å². The van der Waals surface area contributed by atoms with Crippen LogP contribution in [0.25, 0.3) is 0 Å². The first kappa shape index (κ1) is 12.0. The lowest BCUT2D eigenvalue weighted by atomic mass is 9.99. The Morgan fingerprint density at radius 1 is 1.65 bits per heavy atom. The van der Waals surface area contributed by atoms with Gasteiger partial charge in [-0.25, -0.2) is 4.98 Å². The summed E-state index contributed by atoms with van der Waals surface area (Å²) in [7, 11) is 0. The quantitative estimate of drug-likeness (QED) is 0.771. The van der Waals surface area contributed by atoms with Crippen LogP contribution in [0.15, 0.2) is 6.33 Å². The molecule has 1 aromatic heterocycles. The fourth-order valence-corrected chi connectivity index (χ4v) is 2.18. The number of carbonyl (C=O) groups excluding carboxylic acids is 1. The molecule has 2 N–H and O–H groups in total. The normalized spacial score (nSPS) is 20.5. The highest BCUT2D eigenvalue weighted by Crippen LogP contribution is 2.16. The SMILES string of the molecule is O=C(CCc1ncn[nH]1)N1CCCC(CO)C1. The minimum atomic E-state index is 0.138. The fraction of sp³-hybridized carbons (Fsp3) is 0.727. The summed E-state index contributed by atoms with van der Waals surface area (Å²) < 4.78 is 0. The van der Waals surface area contributed by atoms with Crippen molar-refractivity contribution in [1.29, 1.82) is 0 Å². The largest absolute Gasteiger partial charge is 0.396 e. The number of amides is 1. The summed E-state index contributed by atoms with van der Waals surface area (Å²) in [6, 6.07) is 0. The lowest BCUT2D eigenvalue weighted by Gasteiger charge is -2.31. The van der Waals surface area contributed by atoms with Crippen molar-refractivity contribution in [3.8, 4) is 0 Å². The fourth-order valence-electron chi connectivity index (χ4n) is 2.18. The highest BCUT2D eigenvalue weighted by molar-refractivity contribution is 5.76. The van der Waals surface area contributed by atoms with Crippen molar-refractivity contribution in [2.24, 2.45) is 5.92 Å². The van der Waals surface area contributed by atoms with Crippen LogP contribution in [0.2, 0.25) is 0 Å². The minimum absolute atomic E-state index is 0.138. The molecule has 1 amide bonds. The molecule has 1 atom stereocenters. The third-order valence-electron chi connectivity index (χ3n) is 3.17. The van der Waals surface area contributed by atoms with Crippen LogP contribution < -0.4 is 0 Å². The molecule has 2 rings (SSSR count). The van der Waals surface area contributed by atoms with Gasteiger partial charge >= 0.3 is 0 Å². The zero-order valence-electron chi connectivity index (χ0n) is 9.80. The minimum Gasteiger partial charge on any atom is -0.396 e. The van der Waals surface area contributed by atoms with Gasteiger partial charge in [0.15, 0.2) is 0 Å². The number of piperidine rings is 1. The third-order valence-corrected chi connectivity index (χ3v) is 3.17. The summed E-state index contributed by atoms with van der Waals surface area (Å²) in [5.41, 5.74) is 0. The Kier molecular flexibility index (Phi) is 4.08. The van der Waals surface area contributed by atoms with Crippen molar-refractivity contribution in [2.45, 2.75) is 25.7 Å². The van der Waals surface area contributed by atoms with Crippen LogP contribution in [0.1, 0.15) is 25.1 Å². The first-order valence-electron chi connectivity index (χ1n) is 6.02. The molecule has 0 saturated carbocycles. The predicted octanol–water partition coefficient (Wildman–Crippen LogP) is -0.0318. The van der Waals surface area contributed by atoms with Crippen molar-refractivity contribution in [1.82, 2.24) is 20.1 Å². The molecule has 1 saturated heterocycles. The third kappa shape index (κ3) is 3.26. The standard InChI is InChI=1S/C11H18N4O2/c16-7-9-2-1-5-15(6-9)11(17)4-3-10-12-8-13-14-10/h8-9,16H,1-7H2,(H,12,13,14). The van der Waals surface area contributed by atoms with Gasteiger partial charge in [-0.2, -0.15) is 5.10 Å². The maximum atomic E-state index is 11.9. The molecule has 2 heterocycles. The first-order chi connectivity index (χ1) is 8.29. The Balaban J connectivity index is 1.79. The van der Waals surface area contributed by atoms with Gasteiger partial charge in [-0.1, -0.05) is 0 Å². The highest BCUT2D eigenvalue weighted by Gasteiger charge is 2.22. The van der Waals surface area contributed by atoms with Gasteiger partial charge in [0.2, 0.25) is 5.91 Å². The van der Waals surface area contributed by atoms with Crippen molar-refractivity contribution in [3.63, 3.8) is 0 Å². The summed E-state index contributed by atoms with van der Waals surface area (Å²) in [5, 5.41) is 15.6. The van der Waals surface area contributed by atoms with Gasteiger partial charge in [0.25, 0.3) is 0 Å². The van der Waals surface area contributed by atoms with Gasteiger partial charge in [0.1, 0.15) is 12.2 Å². The second-order valence-corrected chi connectivity index (χ2v) is 4.46. The van der Waals surface area contributed by atoms with Crippen LogP contribution in [-0.4, -0.2) is 50.8 Å². The zero-order valence-corrected chi connectivity index (χ0v) is 9.80. The second kappa shape index (κ2) is 5.77. The van der Waals surface area contributed by atoms with E-state index < -0.39 is 0 Å². The smallest absolute Gasteiger partial charge is 0.223 e. The number of likely N-dealkylation sites (tertiary alicyclic amines) is 1. The molecule has 1 fully saturated rings. The Morgan fingerprint density at radius 2 is 2.53 bits per heavy atom. The number of aryl methyl sites for hydroxylation is 1. The topological polar surface area (TPSA) is 82.1 Å². The number of aliphatic hydroxyl groups is 1. The summed E-state index contributed by atoms with van der Waals surface area (Å²) in [6.07, 6.45) is 4.50. The van der Waals surface area contributed by atoms with Gasteiger partial charge in [0.05, 0.1) is 0 Å². The van der Waals surface area contributed by atoms with Crippen LogP contribution >= 0.6 is 0 Å². The molecule has 0 spiro atoms. The Morgan fingerprint density at radius 3 is 3.24 bits per heavy atom. The van der Waals surface area contributed by atoms with Crippen LogP contribution in [0, 0.1) is 5.92 Å². The zero-order chi connectivity index (χ0) is 12.1. The van der Waals surface area contributed by atoms with E-state index in [1.54, 1.807) is 0 Å². The number of rotatable bonds is 4. The molecule has 17 heavy (non-hydrogen) atoms. The summed E-state index contributed by atoms with van der Waals surface area (Å²) in [4.78, 5) is 17.8. The van der Waals surface area contributed by atoms with Crippen molar-refractivity contribution < 1.29 is 9.90 Å². The summed E-state index contributed by atoms with van der Waals surface area (Å²) >= 11 is 0. The summed E-state index contributed by atoms with van der Waals surface area (Å²) in [5.74, 6) is 1.13. The maximum absolute atomic E-state index is 11.9. The molecule has 6 heteroatoms. The maximum Gasteiger partial charge on any atom is 0.223 e. The molecule has 1 aliphatic rings. The predicted molar refractivity (Wildman–Crippen MR) is 61.1 cm³/mol. The lowest BCUT2D eigenvalue weighted by molar-refractivity contribution is -0.133. The average molecular weight is 238 g/mol. The molecule has 0 aliphatic carbocycles. The number of hydrogen-bond donors (Lipinski definition) is 2. The van der Waals surface area contributed by atoms with E-state index in [0.717, 1.165) is 25.2 Å². The molecule has 0 aromatic carbocycles. The highest BCUT2D eigenvalue weighted by atomic mass is 16.3. The van der Waals surface area contributed by atoms with E-state index in [2.05, 4.69) is 15.2 Å². The van der Waals surface area contributed by atoms with E-state index in [-0.39, 0.29) is 18.4 Å². The van der Waals surface area contributed by atoms with E-state index in [0.29, 0.717) is 19.4 Å². The van der Waals surface area contributed by atoms with Crippen molar-refractivity contribution >= 4 is 5.91 Å². The molecule has 0 radical (unpaired) electrons. The Labute approximate surface area is 100 Å². The molecule has 1 aliphatic heterocycles. The molecular weight excluding hydrogens is 220 g/mol. The van der Waals surface area contributed by atoms with Crippen LogP contribution in [-0.2, 0) is 11.2 Å². The van der Waals surface area contributed by atoms with Crippen LogP contribution in [0.5, 0.6) is 0 Å². The number of carbonyl (C=O) groups is 1. The number of aromatic nitrogens is 3. The lowest BCUT2D eigenvalue weighted by Crippen LogP contribution is -2.41. The van der Waals surface area contributed by atoms with E-state index in [9.17, 15) is 4.79 Å². The van der Waals surface area contributed by atoms with Crippen molar-refractivity contribution in [3.05, 3.63) is 12.2 Å². The monoisotopic (exact) mass is 238 g/mol. The number of aliphatic hydroxyl groups excluding tert-OH is 1. The number of H-pyrrole nitrogens is 1. The van der Waals surface area contributed by atoms with Crippen LogP contribution in [0.3, 0.4) is 0 Å². The Bertz CT molecular complexity index is 352. The molecule has 94 valence electrons. The van der Waals surface area contributed by atoms with Crippen LogP contribution in [0.4, 0.5) is 0 Å². The number of hydrogen-bond acceptors (Lipinski definition) is 4. The van der Waals surface area contributed by atoms with Gasteiger partial charge in [-0.3, -0.25) is 9.89 Å². The average Bonchev–Trinajstić information content (AvgIpc) is 2.89. The summed E-state index contributed by atoms with van der Waals surface area (Å²) in [6.45, 7) is 1.67. The molecular formula is C11H18N4O2. The number of nitrogens with one attached hydrogen (secondary N) is 1. The van der Waals surface area contributed by atoms with Gasteiger partial charge < -0.3 is 10.0 Å². The Hall–Kier alpha value is -1.43. The van der Waals surface area contributed by atoms with E-state index in [4.69, 9.17) is 5.11 Å². The first-order valence-corrected chi connectivity index (χ1v) is 6.02. The molecule has 1 aromatic rings. The second-order valence-electron chi connectivity index (χ2n) is 4.46.